The number of nitrogens with zero attached hydrogens (tertiary/aromatic N) is 2. The van der Waals surface area contributed by atoms with Gasteiger partial charge in [0, 0.05) is 13.1 Å². The van der Waals surface area contributed by atoms with Gasteiger partial charge in [0.15, 0.2) is 0 Å². The van der Waals surface area contributed by atoms with Crippen molar-refractivity contribution >= 4 is 29.0 Å². The lowest BCUT2D eigenvalue weighted by atomic mass is 10.2. The van der Waals surface area contributed by atoms with Crippen molar-refractivity contribution in [2.45, 2.75) is 0 Å². The Morgan fingerprint density at radius 3 is 2.77 bits per heavy atom. The first-order chi connectivity index (χ1) is 10.6. The second-order valence-corrected chi connectivity index (χ2v) is 6.03. The van der Waals surface area contributed by atoms with E-state index in [4.69, 9.17) is 4.74 Å². The fourth-order valence-electron chi connectivity index (χ4n) is 2.31. The molecule has 0 N–H and O–H groups in total. The summed E-state index contributed by atoms with van der Waals surface area (Å²) in [5, 5.41) is -0.292. The van der Waals surface area contributed by atoms with E-state index in [1.165, 1.54) is 17.0 Å². The van der Waals surface area contributed by atoms with E-state index in [2.05, 4.69) is 0 Å². The molecule has 2 heterocycles. The Labute approximate surface area is 131 Å². The van der Waals surface area contributed by atoms with Crippen LogP contribution in [0.3, 0.4) is 0 Å². The number of rotatable bonds is 3. The Morgan fingerprint density at radius 1 is 1.27 bits per heavy atom. The predicted molar refractivity (Wildman–Crippen MR) is 81.5 cm³/mol. The second-order valence-electron chi connectivity index (χ2n) is 5.04. The first kappa shape index (κ1) is 15.2. The summed E-state index contributed by atoms with van der Waals surface area (Å²) in [5.74, 6) is -0.702. The molecule has 2 saturated heterocycles. The van der Waals surface area contributed by atoms with E-state index in [0.29, 0.717) is 36.8 Å². The summed E-state index contributed by atoms with van der Waals surface area (Å²) in [6.07, 6.45) is 1.55. The van der Waals surface area contributed by atoms with Gasteiger partial charge in [0.1, 0.15) is 5.82 Å². The Morgan fingerprint density at radius 2 is 2.05 bits per heavy atom. The summed E-state index contributed by atoms with van der Waals surface area (Å²) in [4.78, 5) is 27.9. The zero-order valence-electron chi connectivity index (χ0n) is 11.8. The van der Waals surface area contributed by atoms with Crippen molar-refractivity contribution in [2.24, 2.45) is 0 Å². The van der Waals surface area contributed by atoms with Crippen molar-refractivity contribution in [1.29, 1.82) is 0 Å². The molecule has 2 aliphatic heterocycles. The maximum atomic E-state index is 13.2. The maximum Gasteiger partial charge on any atom is 0.294 e. The molecule has 2 fully saturated rings. The van der Waals surface area contributed by atoms with Gasteiger partial charge in [0.25, 0.3) is 11.1 Å². The van der Waals surface area contributed by atoms with Crippen LogP contribution >= 0.6 is 11.8 Å². The van der Waals surface area contributed by atoms with E-state index in [1.54, 1.807) is 18.2 Å². The SMILES string of the molecule is O=C1S/C(=C/c2cccc(F)c2)C(=O)N1CN1CCOCC1. The van der Waals surface area contributed by atoms with Gasteiger partial charge in [-0.1, -0.05) is 12.1 Å². The van der Waals surface area contributed by atoms with Crippen LogP contribution in [0.25, 0.3) is 6.08 Å². The predicted octanol–water partition coefficient (Wildman–Crippen LogP) is 2.15. The molecule has 0 bridgehead atoms. The summed E-state index contributed by atoms with van der Waals surface area (Å²) < 4.78 is 18.4. The maximum absolute atomic E-state index is 13.2. The molecule has 0 aliphatic carbocycles. The summed E-state index contributed by atoms with van der Waals surface area (Å²) in [5.41, 5.74) is 0.567. The Hall–Kier alpha value is -1.70. The van der Waals surface area contributed by atoms with Crippen LogP contribution < -0.4 is 0 Å². The van der Waals surface area contributed by atoms with Crippen LogP contribution in [0.2, 0.25) is 0 Å². The van der Waals surface area contributed by atoms with Crippen LogP contribution in [0.5, 0.6) is 0 Å². The number of carbonyl (C=O) groups excluding carboxylic acids is 2. The molecule has 0 atom stereocenters. The highest BCUT2D eigenvalue weighted by Crippen LogP contribution is 2.32. The van der Waals surface area contributed by atoms with Gasteiger partial charge in [0.05, 0.1) is 24.8 Å². The topological polar surface area (TPSA) is 49.9 Å². The number of hydrogen-bond donors (Lipinski definition) is 0. The minimum atomic E-state index is -0.374. The van der Waals surface area contributed by atoms with Gasteiger partial charge >= 0.3 is 0 Å². The molecule has 2 aliphatic rings. The smallest absolute Gasteiger partial charge is 0.294 e. The fraction of sp³-hybridized carbons (Fsp3) is 0.333. The van der Waals surface area contributed by atoms with Gasteiger partial charge in [0.2, 0.25) is 0 Å². The van der Waals surface area contributed by atoms with E-state index in [9.17, 15) is 14.0 Å². The molecule has 3 rings (SSSR count). The Kier molecular flexibility index (Phi) is 4.56. The van der Waals surface area contributed by atoms with Gasteiger partial charge in [-0.2, -0.15) is 0 Å². The summed E-state index contributed by atoms with van der Waals surface area (Å²) >= 11 is 0.889. The van der Waals surface area contributed by atoms with Crippen LogP contribution in [0.4, 0.5) is 9.18 Å². The third-order valence-corrected chi connectivity index (χ3v) is 4.37. The molecule has 5 nitrogen and oxygen atoms in total. The van der Waals surface area contributed by atoms with Crippen molar-refractivity contribution in [3.05, 3.63) is 40.6 Å². The molecule has 0 spiro atoms. The molecule has 22 heavy (non-hydrogen) atoms. The zero-order valence-corrected chi connectivity index (χ0v) is 12.6. The van der Waals surface area contributed by atoms with Gasteiger partial charge in [-0.15, -0.1) is 0 Å². The van der Waals surface area contributed by atoms with Crippen LogP contribution in [-0.4, -0.2) is 53.9 Å². The number of hydrogen-bond acceptors (Lipinski definition) is 5. The average molecular weight is 322 g/mol. The van der Waals surface area contributed by atoms with Crippen LogP contribution in [0, 0.1) is 5.82 Å². The monoisotopic (exact) mass is 322 g/mol. The number of ether oxygens (including phenoxy) is 1. The highest BCUT2D eigenvalue weighted by molar-refractivity contribution is 8.18. The van der Waals surface area contributed by atoms with Crippen molar-refractivity contribution in [3.63, 3.8) is 0 Å². The lowest BCUT2D eigenvalue weighted by Gasteiger charge is -2.29. The molecule has 0 unspecified atom stereocenters. The first-order valence-corrected chi connectivity index (χ1v) is 7.76. The lowest BCUT2D eigenvalue weighted by molar-refractivity contribution is -0.125. The number of thioether (sulfide) groups is 1. The number of halogens is 1. The van der Waals surface area contributed by atoms with Crippen LogP contribution in [-0.2, 0) is 9.53 Å². The molecule has 0 aromatic heterocycles. The largest absolute Gasteiger partial charge is 0.379 e. The lowest BCUT2D eigenvalue weighted by Crippen LogP contribution is -2.45. The average Bonchev–Trinajstić information content (AvgIpc) is 2.76. The number of imide groups is 1. The third kappa shape index (κ3) is 3.37. The van der Waals surface area contributed by atoms with Gasteiger partial charge in [-0.3, -0.25) is 19.4 Å². The van der Waals surface area contributed by atoms with E-state index < -0.39 is 0 Å². The van der Waals surface area contributed by atoms with Crippen LogP contribution in [0.1, 0.15) is 5.56 Å². The van der Waals surface area contributed by atoms with E-state index in [1.807, 2.05) is 4.90 Å². The van der Waals surface area contributed by atoms with E-state index >= 15 is 0 Å². The summed E-state index contributed by atoms with van der Waals surface area (Å²) in [6, 6.07) is 5.93. The van der Waals surface area contributed by atoms with Crippen LogP contribution in [0.15, 0.2) is 29.2 Å². The number of benzene rings is 1. The van der Waals surface area contributed by atoms with Gasteiger partial charge in [-0.25, -0.2) is 4.39 Å². The Balaban J connectivity index is 1.73. The first-order valence-electron chi connectivity index (χ1n) is 6.94. The third-order valence-electron chi connectivity index (χ3n) is 3.47. The quantitative estimate of drug-likeness (QED) is 0.798. The molecular weight excluding hydrogens is 307 g/mol. The van der Waals surface area contributed by atoms with Crippen molar-refractivity contribution < 1.29 is 18.7 Å². The highest BCUT2D eigenvalue weighted by Gasteiger charge is 2.36. The van der Waals surface area contributed by atoms with Crippen molar-refractivity contribution in [2.75, 3.05) is 33.0 Å². The summed E-state index contributed by atoms with van der Waals surface area (Å²) in [6.45, 7) is 2.88. The van der Waals surface area contributed by atoms with E-state index in [-0.39, 0.29) is 23.6 Å². The molecule has 7 heteroatoms. The van der Waals surface area contributed by atoms with Crippen molar-refractivity contribution in [3.8, 4) is 0 Å². The normalized spacial score (nSPS) is 21.9. The fourth-order valence-corrected chi connectivity index (χ4v) is 3.14. The minimum absolute atomic E-state index is 0.272. The zero-order chi connectivity index (χ0) is 15.5. The molecule has 116 valence electrons. The number of amides is 2. The molecular formula is C15H15FN2O3S. The molecule has 0 saturated carbocycles. The molecule has 1 aromatic carbocycles. The Bertz CT molecular complexity index is 629. The highest BCUT2D eigenvalue weighted by atomic mass is 32.2. The van der Waals surface area contributed by atoms with Gasteiger partial charge in [-0.05, 0) is 35.5 Å². The standard InChI is InChI=1S/C15H15FN2O3S/c16-12-3-1-2-11(8-12)9-13-14(19)18(15(20)22-13)10-17-4-6-21-7-5-17/h1-3,8-9H,4-7,10H2/b13-9+. The van der Waals surface area contributed by atoms with Gasteiger partial charge < -0.3 is 4.74 Å². The summed E-state index contributed by atoms with van der Waals surface area (Å²) in [7, 11) is 0. The van der Waals surface area contributed by atoms with E-state index in [0.717, 1.165) is 11.8 Å². The van der Waals surface area contributed by atoms with Crippen molar-refractivity contribution in [1.82, 2.24) is 9.80 Å². The number of morpholine rings is 1. The molecule has 0 radical (unpaired) electrons. The molecule has 2 amide bonds. The second kappa shape index (κ2) is 6.60. The number of carbonyl (C=O) groups is 2. The molecule has 1 aromatic rings. The minimum Gasteiger partial charge on any atom is -0.379 e.